The molecule has 33 heavy (non-hydrogen) atoms. The highest BCUT2D eigenvalue weighted by Gasteiger charge is 2.13. The number of benzene rings is 2. The van der Waals surface area contributed by atoms with E-state index >= 15 is 0 Å². The zero-order valence-electron chi connectivity index (χ0n) is 18.2. The fraction of sp³-hybridized carbons (Fsp3) is 0.238. The second-order valence-electron chi connectivity index (χ2n) is 6.93. The van der Waals surface area contributed by atoms with Crippen LogP contribution in [0, 0.1) is 6.92 Å². The van der Waals surface area contributed by atoms with E-state index in [-0.39, 0.29) is 6.54 Å². The van der Waals surface area contributed by atoms with Gasteiger partial charge in [-0.05, 0) is 30.7 Å². The average molecular weight is 511 g/mol. The van der Waals surface area contributed by atoms with Crippen molar-refractivity contribution < 1.29 is 13.2 Å². The first-order valence-electron chi connectivity index (χ1n) is 9.95. The molecule has 1 aromatic heterocycles. The van der Waals surface area contributed by atoms with Gasteiger partial charge >= 0.3 is 0 Å². The summed E-state index contributed by atoms with van der Waals surface area (Å²) in [5.41, 5.74) is 2.86. The molecule has 0 aliphatic rings. The van der Waals surface area contributed by atoms with Crippen LogP contribution in [-0.4, -0.2) is 32.0 Å². The number of methoxy groups -OCH3 is 1. The van der Waals surface area contributed by atoms with Gasteiger partial charge in [-0.2, -0.15) is 18.1 Å². The van der Waals surface area contributed by atoms with Gasteiger partial charge in [0.2, 0.25) is 5.95 Å². The van der Waals surface area contributed by atoms with Crippen molar-refractivity contribution in [3.63, 3.8) is 0 Å². The Hall–Kier alpha value is -2.63. The Morgan fingerprint density at radius 1 is 1.06 bits per heavy atom. The van der Waals surface area contributed by atoms with Crippen LogP contribution < -0.4 is 24.8 Å². The fourth-order valence-corrected chi connectivity index (χ4v) is 4.39. The molecular weight excluding hydrogens is 487 g/mol. The van der Waals surface area contributed by atoms with Crippen LogP contribution in [0.5, 0.6) is 5.75 Å². The molecule has 1 heterocycles. The van der Waals surface area contributed by atoms with Gasteiger partial charge in [0.05, 0.1) is 17.2 Å². The summed E-state index contributed by atoms with van der Waals surface area (Å²) in [7, 11) is -2.08. The van der Waals surface area contributed by atoms with Gasteiger partial charge in [0, 0.05) is 36.2 Å². The summed E-state index contributed by atoms with van der Waals surface area (Å²) in [4.78, 5) is 8.85. The Morgan fingerprint density at radius 2 is 1.76 bits per heavy atom. The number of para-hydroxylation sites is 1. The zero-order valence-corrected chi connectivity index (χ0v) is 20.6. The highest BCUT2D eigenvalue weighted by molar-refractivity contribution is 7.87. The number of rotatable bonds is 10. The zero-order chi connectivity index (χ0) is 24.0. The van der Waals surface area contributed by atoms with E-state index in [0.717, 1.165) is 11.1 Å². The van der Waals surface area contributed by atoms with E-state index in [1.54, 1.807) is 25.3 Å². The number of ether oxygens (including phenoxy) is 1. The lowest BCUT2D eigenvalue weighted by molar-refractivity contribution is 0.415. The molecule has 0 unspecified atom stereocenters. The van der Waals surface area contributed by atoms with Crippen LogP contribution in [0.15, 0.2) is 42.6 Å². The molecule has 0 fully saturated rings. The summed E-state index contributed by atoms with van der Waals surface area (Å²) in [6, 6.07) is 10.7. The summed E-state index contributed by atoms with van der Waals surface area (Å²) >= 11 is 12.4. The molecule has 4 N–H and O–H groups in total. The standard InChI is InChI=1S/C21H24Cl2N6O3S/c1-4-25-33(30,31)26-12-14-7-5-6-8-18(14)28-20-13(2)11-24-21(29-20)27-15-9-16(22)19(32-3)17(23)10-15/h5-11,25-26H,4,12H2,1-3H3,(H2,24,27,28,29). The van der Waals surface area contributed by atoms with E-state index < -0.39 is 10.2 Å². The summed E-state index contributed by atoms with van der Waals surface area (Å²) in [5.74, 6) is 1.27. The number of aromatic nitrogens is 2. The first-order valence-corrected chi connectivity index (χ1v) is 12.2. The lowest BCUT2D eigenvalue weighted by atomic mass is 10.1. The molecule has 12 heteroatoms. The number of anilines is 4. The number of hydrogen-bond acceptors (Lipinski definition) is 7. The first-order chi connectivity index (χ1) is 15.7. The van der Waals surface area contributed by atoms with E-state index in [9.17, 15) is 8.42 Å². The van der Waals surface area contributed by atoms with Gasteiger partial charge in [0.1, 0.15) is 5.82 Å². The number of hydrogen-bond donors (Lipinski definition) is 4. The third-order valence-electron chi connectivity index (χ3n) is 4.49. The number of nitrogens with one attached hydrogen (secondary N) is 4. The van der Waals surface area contributed by atoms with Crippen LogP contribution in [0.3, 0.4) is 0 Å². The SMILES string of the molecule is CCNS(=O)(=O)NCc1ccccc1Nc1nc(Nc2cc(Cl)c(OC)c(Cl)c2)ncc1C. The lowest BCUT2D eigenvalue weighted by Crippen LogP contribution is -2.35. The van der Waals surface area contributed by atoms with Crippen molar-refractivity contribution in [2.45, 2.75) is 20.4 Å². The number of nitrogens with zero attached hydrogens (tertiary/aromatic N) is 2. The molecule has 9 nitrogen and oxygen atoms in total. The lowest BCUT2D eigenvalue weighted by Gasteiger charge is -2.15. The van der Waals surface area contributed by atoms with E-state index in [4.69, 9.17) is 27.9 Å². The maximum atomic E-state index is 11.9. The van der Waals surface area contributed by atoms with Crippen molar-refractivity contribution in [1.29, 1.82) is 0 Å². The first kappa shape index (κ1) is 25.0. The molecule has 0 spiro atoms. The minimum atomic E-state index is -3.57. The van der Waals surface area contributed by atoms with E-state index in [0.29, 0.717) is 45.5 Å². The quantitative estimate of drug-likeness (QED) is 0.316. The van der Waals surface area contributed by atoms with Gasteiger partial charge in [-0.3, -0.25) is 0 Å². The monoisotopic (exact) mass is 510 g/mol. The smallest absolute Gasteiger partial charge is 0.277 e. The van der Waals surface area contributed by atoms with Gasteiger partial charge in [-0.25, -0.2) is 9.71 Å². The molecule has 176 valence electrons. The molecule has 0 atom stereocenters. The van der Waals surface area contributed by atoms with Crippen molar-refractivity contribution in [2.24, 2.45) is 0 Å². The molecule has 0 saturated carbocycles. The third kappa shape index (κ3) is 6.68. The van der Waals surface area contributed by atoms with Gasteiger partial charge < -0.3 is 15.4 Å². The highest BCUT2D eigenvalue weighted by Crippen LogP contribution is 2.36. The van der Waals surface area contributed by atoms with Crippen molar-refractivity contribution in [3.8, 4) is 5.75 Å². The van der Waals surface area contributed by atoms with Gasteiger partial charge in [0.15, 0.2) is 5.75 Å². The van der Waals surface area contributed by atoms with Crippen molar-refractivity contribution in [3.05, 3.63) is 63.8 Å². The van der Waals surface area contributed by atoms with Gasteiger partial charge in [-0.15, -0.1) is 0 Å². The molecule has 3 aromatic rings. The topological polar surface area (TPSA) is 117 Å². The Bertz CT molecular complexity index is 1220. The van der Waals surface area contributed by atoms with Crippen molar-refractivity contribution >= 4 is 56.6 Å². The number of halogens is 2. The van der Waals surface area contributed by atoms with E-state index in [1.165, 1.54) is 7.11 Å². The second-order valence-corrected chi connectivity index (χ2v) is 9.33. The molecule has 0 bridgehead atoms. The summed E-state index contributed by atoms with van der Waals surface area (Å²) in [6.45, 7) is 3.99. The summed E-state index contributed by atoms with van der Waals surface area (Å²) < 4.78 is 34.0. The molecule has 0 radical (unpaired) electrons. The van der Waals surface area contributed by atoms with Crippen LogP contribution in [0.25, 0.3) is 0 Å². The molecule has 0 saturated heterocycles. The normalized spacial score (nSPS) is 11.3. The summed E-state index contributed by atoms with van der Waals surface area (Å²) in [6.07, 6.45) is 1.67. The average Bonchev–Trinajstić information content (AvgIpc) is 2.75. The van der Waals surface area contributed by atoms with Crippen LogP contribution in [0.2, 0.25) is 10.0 Å². The molecule has 0 amide bonds. The molecule has 2 aromatic carbocycles. The Morgan fingerprint density at radius 3 is 2.42 bits per heavy atom. The fourth-order valence-electron chi connectivity index (χ4n) is 2.92. The third-order valence-corrected chi connectivity index (χ3v) is 6.24. The van der Waals surface area contributed by atoms with Crippen LogP contribution >= 0.6 is 23.2 Å². The Balaban J connectivity index is 1.81. The Labute approximate surface area is 203 Å². The molecule has 3 rings (SSSR count). The molecule has 0 aliphatic carbocycles. The van der Waals surface area contributed by atoms with Gasteiger partial charge in [0.25, 0.3) is 10.2 Å². The predicted octanol–water partition coefficient (Wildman–Crippen LogP) is 4.53. The van der Waals surface area contributed by atoms with Crippen LogP contribution in [0.4, 0.5) is 23.1 Å². The van der Waals surface area contributed by atoms with E-state index in [1.807, 2.05) is 31.2 Å². The maximum absolute atomic E-state index is 11.9. The highest BCUT2D eigenvalue weighted by atomic mass is 35.5. The van der Waals surface area contributed by atoms with Crippen molar-refractivity contribution in [1.82, 2.24) is 19.4 Å². The minimum Gasteiger partial charge on any atom is -0.494 e. The summed E-state index contributed by atoms with van der Waals surface area (Å²) in [5, 5.41) is 7.04. The second kappa shape index (κ2) is 11.0. The van der Waals surface area contributed by atoms with Crippen LogP contribution in [0.1, 0.15) is 18.1 Å². The molecular formula is C21H24Cl2N6O3S. The van der Waals surface area contributed by atoms with Crippen molar-refractivity contribution in [2.75, 3.05) is 24.3 Å². The predicted molar refractivity (Wildman–Crippen MR) is 132 cm³/mol. The molecule has 0 aliphatic heterocycles. The van der Waals surface area contributed by atoms with E-state index in [2.05, 4.69) is 30.0 Å². The Kier molecular flexibility index (Phi) is 8.33. The maximum Gasteiger partial charge on any atom is 0.277 e. The number of aryl methyl sites for hydroxylation is 1. The van der Waals surface area contributed by atoms with Gasteiger partial charge in [-0.1, -0.05) is 48.3 Å². The largest absolute Gasteiger partial charge is 0.494 e. The minimum absolute atomic E-state index is 0.108. The van der Waals surface area contributed by atoms with Crippen LogP contribution in [-0.2, 0) is 16.8 Å².